The molecule has 2 aromatic carbocycles. The summed E-state index contributed by atoms with van der Waals surface area (Å²) in [5.74, 6) is 1.59. The van der Waals surface area contributed by atoms with Crippen molar-refractivity contribution >= 4 is 11.4 Å². The van der Waals surface area contributed by atoms with Crippen molar-refractivity contribution in [1.82, 2.24) is 29.5 Å². The molecule has 0 saturated carbocycles. The maximum atomic E-state index is 8.49. The van der Waals surface area contributed by atoms with E-state index in [2.05, 4.69) is 57.2 Å². The van der Waals surface area contributed by atoms with Crippen LogP contribution in [0.2, 0.25) is 0 Å². The SMILES string of the molecule is [Fe+4].[O-][Cl+3]([O-])([O-])[O-].[O-][Cl+3]([O-])([O-])[O-].c1cc(CNc2ccccc2-c2ccccc2NCc2cccc(-n3cccn3)n2)nc(-n2cccn2)c1. The molecule has 0 fully saturated rings. The Hall–Kier alpha value is -4.46. The summed E-state index contributed by atoms with van der Waals surface area (Å²) in [5, 5.41) is 15.7. The van der Waals surface area contributed by atoms with Gasteiger partial charge in [0.1, 0.15) is 0 Å². The number of nitrogens with zero attached hydrogens (tertiary/aromatic N) is 6. The first kappa shape index (κ1) is 39.0. The fraction of sp³-hybridized carbons (Fsp3) is 0.0667. The molecule has 6 rings (SSSR count). The van der Waals surface area contributed by atoms with Gasteiger partial charge in [-0.2, -0.15) is 10.2 Å². The van der Waals surface area contributed by atoms with E-state index < -0.39 is 20.5 Å². The molecule has 49 heavy (non-hydrogen) atoms. The van der Waals surface area contributed by atoms with E-state index in [4.69, 9.17) is 47.2 Å². The zero-order chi connectivity index (χ0) is 34.6. The van der Waals surface area contributed by atoms with E-state index in [1.54, 1.807) is 21.8 Å². The molecule has 0 spiro atoms. The van der Waals surface area contributed by atoms with Gasteiger partial charge >= 0.3 is 17.1 Å². The van der Waals surface area contributed by atoms with Crippen LogP contribution in [0.15, 0.2) is 122 Å². The molecule has 0 radical (unpaired) electrons. The van der Waals surface area contributed by atoms with Crippen LogP contribution in [-0.4, -0.2) is 29.5 Å². The molecule has 19 heteroatoms. The summed E-state index contributed by atoms with van der Waals surface area (Å²) in [6.45, 7) is 1.18. The molecule has 0 atom stereocenters. The van der Waals surface area contributed by atoms with E-state index in [0.717, 1.165) is 45.5 Å². The zero-order valence-corrected chi connectivity index (χ0v) is 27.6. The van der Waals surface area contributed by atoms with Crippen LogP contribution in [0, 0.1) is 20.5 Å². The molecule has 4 aromatic heterocycles. The second kappa shape index (κ2) is 18.3. The Kier molecular flexibility index (Phi) is 14.6. The Bertz CT molecular complexity index is 1710. The van der Waals surface area contributed by atoms with Gasteiger partial charge in [-0.3, -0.25) is 0 Å². The molecule has 0 amide bonds. The minimum Gasteiger partial charge on any atom is -0.379 e. The topological polar surface area (TPSA) is 270 Å². The van der Waals surface area contributed by atoms with Gasteiger partial charge in [0.2, 0.25) is 0 Å². The van der Waals surface area contributed by atoms with Crippen molar-refractivity contribution < 1.29 is 74.8 Å². The first-order valence-electron chi connectivity index (χ1n) is 13.6. The second-order valence-corrected chi connectivity index (χ2v) is 10.9. The van der Waals surface area contributed by atoms with Gasteiger partial charge in [0.15, 0.2) is 11.6 Å². The van der Waals surface area contributed by atoms with Gasteiger partial charge in [0.05, 0.1) is 24.5 Å². The van der Waals surface area contributed by atoms with Gasteiger partial charge in [0.25, 0.3) is 0 Å². The summed E-state index contributed by atoms with van der Waals surface area (Å²) >= 11 is 0. The summed E-state index contributed by atoms with van der Waals surface area (Å²) in [6.07, 6.45) is 7.28. The quantitative estimate of drug-likeness (QED) is 0.134. The van der Waals surface area contributed by atoms with Crippen LogP contribution >= 0.6 is 0 Å². The minimum atomic E-state index is -4.94. The predicted octanol–water partition coefficient (Wildman–Crippen LogP) is -3.78. The third-order valence-corrected chi connectivity index (χ3v) is 6.13. The summed E-state index contributed by atoms with van der Waals surface area (Å²) in [6, 6.07) is 32.4. The molecular weight excluding hydrogens is 727 g/mol. The van der Waals surface area contributed by atoms with Crippen molar-refractivity contribution in [3.05, 3.63) is 133 Å². The van der Waals surface area contributed by atoms with Crippen molar-refractivity contribution in [1.29, 1.82) is 0 Å². The fourth-order valence-electron chi connectivity index (χ4n) is 4.31. The van der Waals surface area contributed by atoms with E-state index in [0.29, 0.717) is 13.1 Å². The number of para-hydroxylation sites is 2. The number of hydrogen-bond acceptors (Lipinski definition) is 14. The molecule has 0 unspecified atom stereocenters. The third-order valence-electron chi connectivity index (χ3n) is 6.13. The van der Waals surface area contributed by atoms with Gasteiger partial charge in [-0.15, -0.1) is 20.5 Å². The average Bonchev–Trinajstić information content (AvgIpc) is 3.78. The van der Waals surface area contributed by atoms with Crippen LogP contribution in [0.25, 0.3) is 22.8 Å². The molecule has 16 nitrogen and oxygen atoms in total. The van der Waals surface area contributed by atoms with Gasteiger partial charge in [-0.25, -0.2) is 56.6 Å². The van der Waals surface area contributed by atoms with Crippen molar-refractivity contribution in [2.45, 2.75) is 13.1 Å². The molecule has 0 saturated heterocycles. The Labute approximate surface area is 294 Å². The van der Waals surface area contributed by atoms with Gasteiger partial charge in [-0.05, 0) is 48.5 Å². The van der Waals surface area contributed by atoms with Crippen LogP contribution in [0.3, 0.4) is 0 Å². The number of aromatic nitrogens is 6. The molecule has 254 valence electrons. The molecule has 6 aromatic rings. The van der Waals surface area contributed by atoms with E-state index in [1.165, 1.54) is 0 Å². The monoisotopic (exact) mass is 752 g/mol. The molecule has 0 aliphatic carbocycles. The number of rotatable bonds is 9. The molecule has 4 heterocycles. The maximum Gasteiger partial charge on any atom is 4.00 e. The Morgan fingerprint density at radius 2 is 0.857 bits per heavy atom. The number of anilines is 2. The zero-order valence-electron chi connectivity index (χ0n) is 25.0. The summed E-state index contributed by atoms with van der Waals surface area (Å²) < 4.78 is 71.5. The molecule has 0 bridgehead atoms. The predicted molar refractivity (Wildman–Crippen MR) is 149 cm³/mol. The molecule has 2 N–H and O–H groups in total. The fourth-order valence-corrected chi connectivity index (χ4v) is 4.31. The second-order valence-electron chi connectivity index (χ2n) is 9.43. The third kappa shape index (κ3) is 13.9. The largest absolute Gasteiger partial charge is 4.00 e. The number of nitrogens with one attached hydrogen (secondary N) is 2. The Morgan fingerprint density at radius 1 is 0.490 bits per heavy atom. The van der Waals surface area contributed by atoms with Crippen LogP contribution in [0.1, 0.15) is 11.4 Å². The average molecular weight is 753 g/mol. The summed E-state index contributed by atoms with van der Waals surface area (Å²) in [5.41, 5.74) is 6.15. The van der Waals surface area contributed by atoms with Crippen molar-refractivity contribution in [3.8, 4) is 22.8 Å². The number of pyridine rings is 2. The van der Waals surface area contributed by atoms with Crippen LogP contribution in [0.5, 0.6) is 0 Å². The van der Waals surface area contributed by atoms with Gasteiger partial charge in [-0.1, -0.05) is 48.5 Å². The van der Waals surface area contributed by atoms with E-state index >= 15 is 0 Å². The number of hydrogen-bond donors (Lipinski definition) is 2. The normalized spacial score (nSPS) is 10.9. The van der Waals surface area contributed by atoms with E-state index in [-0.39, 0.29) is 17.1 Å². The van der Waals surface area contributed by atoms with Crippen LogP contribution in [0.4, 0.5) is 11.4 Å². The number of benzene rings is 2. The van der Waals surface area contributed by atoms with Crippen molar-refractivity contribution in [2.24, 2.45) is 0 Å². The number of halogens is 2. The molecule has 0 aliphatic heterocycles. The Morgan fingerprint density at radius 3 is 1.20 bits per heavy atom. The first-order chi connectivity index (χ1) is 22.8. The standard InChI is InChI=1S/C30H26N8.2ClHO4.Fe/c1-3-13-27(31-21-23-9-5-15-29(35-23)37-19-7-17-33-37)25(11-1)26-12-2-4-14-28(26)32-22-24-10-6-16-30(36-24)38-20-8-18-34-38;2*2-1(3,4)5;/h1-20,31-32H,21-22H2;2*(H,2,3,4,5);/q;;;+4/p-2. The van der Waals surface area contributed by atoms with Crippen LogP contribution in [-0.2, 0) is 30.2 Å². The van der Waals surface area contributed by atoms with Crippen molar-refractivity contribution in [2.75, 3.05) is 10.6 Å². The maximum absolute atomic E-state index is 8.49. The minimum absolute atomic E-state index is 0. The summed E-state index contributed by atoms with van der Waals surface area (Å²) in [4.78, 5) is 9.50. The molecular formula is C30H26Cl2FeN8O8+2. The van der Waals surface area contributed by atoms with Gasteiger partial charge in [0, 0.05) is 47.3 Å². The van der Waals surface area contributed by atoms with E-state index in [9.17, 15) is 0 Å². The van der Waals surface area contributed by atoms with Crippen molar-refractivity contribution in [3.63, 3.8) is 0 Å². The first-order valence-corrected chi connectivity index (χ1v) is 16.1. The smallest absolute Gasteiger partial charge is 0.379 e. The van der Waals surface area contributed by atoms with Crippen LogP contribution < -0.4 is 47.9 Å². The summed E-state index contributed by atoms with van der Waals surface area (Å²) in [7, 11) is -9.89. The van der Waals surface area contributed by atoms with Gasteiger partial charge < -0.3 is 10.6 Å². The van der Waals surface area contributed by atoms with E-state index in [1.807, 2.05) is 73.1 Å². The Balaban J connectivity index is 0.000000522. The molecule has 0 aliphatic rings.